The summed E-state index contributed by atoms with van der Waals surface area (Å²) in [7, 11) is 0. The highest BCUT2D eigenvalue weighted by Gasteiger charge is 2.17. The van der Waals surface area contributed by atoms with E-state index >= 15 is 0 Å². The molecule has 0 saturated carbocycles. The number of halogens is 2. The Bertz CT molecular complexity index is 324. The highest BCUT2D eigenvalue weighted by molar-refractivity contribution is 9.09. The molecule has 4 heteroatoms. The van der Waals surface area contributed by atoms with Crippen LogP contribution in [0.2, 0.25) is 0 Å². The summed E-state index contributed by atoms with van der Waals surface area (Å²) in [6.45, 7) is 0. The first kappa shape index (κ1) is 6.91. The van der Waals surface area contributed by atoms with E-state index in [-0.39, 0.29) is 10.8 Å². The Balaban J connectivity index is 2.58. The SMILES string of the molecule is Fc1ccc2c(c1)N=NC2Br. The summed E-state index contributed by atoms with van der Waals surface area (Å²) in [5, 5.41) is 7.60. The van der Waals surface area contributed by atoms with Crippen LogP contribution in [0, 0.1) is 5.82 Å². The highest BCUT2D eigenvalue weighted by Crippen LogP contribution is 2.39. The minimum absolute atomic E-state index is 0.0990. The Morgan fingerprint density at radius 3 is 3.09 bits per heavy atom. The van der Waals surface area contributed by atoms with Crippen LogP contribution in [0.1, 0.15) is 10.5 Å². The van der Waals surface area contributed by atoms with Gasteiger partial charge >= 0.3 is 0 Å². The third-order valence-corrected chi connectivity index (χ3v) is 2.19. The zero-order valence-electron chi connectivity index (χ0n) is 5.46. The second-order valence-corrected chi connectivity index (χ2v) is 3.12. The van der Waals surface area contributed by atoms with Crippen molar-refractivity contribution >= 4 is 21.6 Å². The van der Waals surface area contributed by atoms with E-state index in [1.54, 1.807) is 6.07 Å². The number of nitrogens with zero attached hydrogens (tertiary/aromatic N) is 2. The van der Waals surface area contributed by atoms with Gasteiger partial charge in [-0.25, -0.2) is 4.39 Å². The van der Waals surface area contributed by atoms with E-state index in [9.17, 15) is 4.39 Å². The third kappa shape index (κ3) is 1.07. The van der Waals surface area contributed by atoms with Crippen LogP contribution in [0.4, 0.5) is 10.1 Å². The minimum atomic E-state index is -0.274. The molecule has 0 bridgehead atoms. The van der Waals surface area contributed by atoms with Gasteiger partial charge in [0.1, 0.15) is 5.82 Å². The van der Waals surface area contributed by atoms with Gasteiger partial charge in [0.15, 0.2) is 4.95 Å². The second kappa shape index (κ2) is 2.37. The van der Waals surface area contributed by atoms with Crippen molar-refractivity contribution in [1.82, 2.24) is 0 Å². The lowest BCUT2D eigenvalue weighted by Gasteiger charge is -1.97. The van der Waals surface area contributed by atoms with E-state index < -0.39 is 0 Å². The number of alkyl halides is 1. The van der Waals surface area contributed by atoms with Crippen molar-refractivity contribution in [2.75, 3.05) is 0 Å². The number of fused-ring (bicyclic) bond motifs is 1. The lowest BCUT2D eigenvalue weighted by atomic mass is 10.2. The van der Waals surface area contributed by atoms with Crippen molar-refractivity contribution in [3.05, 3.63) is 29.6 Å². The molecule has 1 unspecified atom stereocenters. The molecule has 0 amide bonds. The minimum Gasteiger partial charge on any atom is -0.207 e. The molecule has 0 N–H and O–H groups in total. The first-order valence-corrected chi connectivity index (χ1v) is 4.03. The molecule has 1 aromatic carbocycles. The second-order valence-electron chi connectivity index (χ2n) is 2.25. The molecule has 0 aliphatic carbocycles. The van der Waals surface area contributed by atoms with Gasteiger partial charge in [-0.1, -0.05) is 22.0 Å². The number of hydrogen-bond donors (Lipinski definition) is 0. The van der Waals surface area contributed by atoms with Gasteiger partial charge in [-0.15, -0.1) is 0 Å². The van der Waals surface area contributed by atoms with Crippen LogP contribution in [-0.4, -0.2) is 0 Å². The normalized spacial score (nSPS) is 20.4. The highest BCUT2D eigenvalue weighted by atomic mass is 79.9. The van der Waals surface area contributed by atoms with Gasteiger partial charge in [0.2, 0.25) is 0 Å². The smallest absolute Gasteiger partial charge is 0.153 e. The fourth-order valence-electron chi connectivity index (χ4n) is 0.980. The first-order valence-electron chi connectivity index (χ1n) is 3.12. The molecule has 1 aliphatic heterocycles. The topological polar surface area (TPSA) is 24.7 Å². The molecule has 1 aromatic rings. The van der Waals surface area contributed by atoms with E-state index in [1.165, 1.54) is 12.1 Å². The number of benzene rings is 1. The van der Waals surface area contributed by atoms with Crippen LogP contribution >= 0.6 is 15.9 Å². The Morgan fingerprint density at radius 1 is 1.45 bits per heavy atom. The fourth-order valence-corrected chi connectivity index (χ4v) is 1.46. The van der Waals surface area contributed by atoms with E-state index in [0.29, 0.717) is 5.69 Å². The van der Waals surface area contributed by atoms with Crippen LogP contribution in [0.3, 0.4) is 0 Å². The van der Waals surface area contributed by atoms with Gasteiger partial charge in [0.25, 0.3) is 0 Å². The molecule has 11 heavy (non-hydrogen) atoms. The van der Waals surface area contributed by atoms with Crippen LogP contribution in [0.25, 0.3) is 0 Å². The maximum Gasteiger partial charge on any atom is 0.153 e. The summed E-state index contributed by atoms with van der Waals surface area (Å²) in [5.74, 6) is -0.274. The van der Waals surface area contributed by atoms with Crippen molar-refractivity contribution < 1.29 is 4.39 Å². The van der Waals surface area contributed by atoms with Gasteiger partial charge in [-0.05, 0) is 6.07 Å². The molecule has 0 radical (unpaired) electrons. The van der Waals surface area contributed by atoms with Gasteiger partial charge in [0, 0.05) is 11.6 Å². The molecule has 0 saturated heterocycles. The Morgan fingerprint density at radius 2 is 2.27 bits per heavy atom. The monoisotopic (exact) mass is 214 g/mol. The predicted octanol–water partition coefficient (Wildman–Crippen LogP) is 3.32. The van der Waals surface area contributed by atoms with Gasteiger partial charge in [-0.3, -0.25) is 0 Å². The third-order valence-electron chi connectivity index (χ3n) is 1.52. The van der Waals surface area contributed by atoms with E-state index in [0.717, 1.165) is 5.56 Å². The molecule has 0 aromatic heterocycles. The van der Waals surface area contributed by atoms with E-state index in [1.807, 2.05) is 0 Å². The van der Waals surface area contributed by atoms with Gasteiger partial charge in [-0.2, -0.15) is 10.2 Å². The molecule has 0 spiro atoms. The van der Waals surface area contributed by atoms with Crippen LogP contribution in [0.5, 0.6) is 0 Å². The van der Waals surface area contributed by atoms with E-state index in [2.05, 4.69) is 26.2 Å². The van der Waals surface area contributed by atoms with Crippen LogP contribution in [0.15, 0.2) is 28.4 Å². The average Bonchev–Trinajstić information content (AvgIpc) is 2.32. The molecule has 56 valence electrons. The Kier molecular flexibility index (Phi) is 1.49. The van der Waals surface area contributed by atoms with Crippen LogP contribution in [-0.2, 0) is 0 Å². The van der Waals surface area contributed by atoms with Crippen molar-refractivity contribution in [1.29, 1.82) is 0 Å². The molecular formula is C7H4BrFN2. The zero-order valence-corrected chi connectivity index (χ0v) is 7.05. The lowest BCUT2D eigenvalue weighted by Crippen LogP contribution is -1.80. The molecule has 0 fully saturated rings. The molecule has 1 heterocycles. The Hall–Kier alpha value is -0.770. The van der Waals surface area contributed by atoms with Crippen LogP contribution < -0.4 is 0 Å². The largest absolute Gasteiger partial charge is 0.207 e. The van der Waals surface area contributed by atoms with Crippen molar-refractivity contribution in [3.8, 4) is 0 Å². The summed E-state index contributed by atoms with van der Waals surface area (Å²) in [6.07, 6.45) is 0. The van der Waals surface area contributed by atoms with Gasteiger partial charge < -0.3 is 0 Å². The summed E-state index contributed by atoms with van der Waals surface area (Å²) >= 11 is 3.28. The molecule has 1 aliphatic rings. The summed E-state index contributed by atoms with van der Waals surface area (Å²) in [6, 6.07) is 4.47. The quantitative estimate of drug-likeness (QED) is 0.468. The summed E-state index contributed by atoms with van der Waals surface area (Å²) < 4.78 is 12.6. The number of rotatable bonds is 0. The Labute approximate surface area is 71.3 Å². The predicted molar refractivity (Wildman–Crippen MR) is 42.6 cm³/mol. The number of hydrogen-bond acceptors (Lipinski definition) is 2. The standard InChI is InChI=1S/C7H4BrFN2/c8-7-5-2-1-4(9)3-6(5)10-11-7/h1-3,7H. The summed E-state index contributed by atoms with van der Waals surface area (Å²) in [4.78, 5) is -0.0990. The lowest BCUT2D eigenvalue weighted by molar-refractivity contribution is 0.628. The number of azo groups is 1. The van der Waals surface area contributed by atoms with E-state index in [4.69, 9.17) is 0 Å². The van der Waals surface area contributed by atoms with Gasteiger partial charge in [0.05, 0.1) is 5.69 Å². The fraction of sp³-hybridized carbons (Fsp3) is 0.143. The molecular weight excluding hydrogens is 211 g/mol. The zero-order chi connectivity index (χ0) is 7.84. The average molecular weight is 215 g/mol. The molecule has 1 atom stereocenters. The maximum absolute atomic E-state index is 12.6. The van der Waals surface area contributed by atoms with Crippen molar-refractivity contribution in [2.45, 2.75) is 4.95 Å². The maximum atomic E-state index is 12.6. The first-order chi connectivity index (χ1) is 5.27. The summed E-state index contributed by atoms with van der Waals surface area (Å²) in [5.41, 5.74) is 1.54. The van der Waals surface area contributed by atoms with Crippen molar-refractivity contribution in [2.24, 2.45) is 10.2 Å². The van der Waals surface area contributed by atoms with Crippen molar-refractivity contribution in [3.63, 3.8) is 0 Å². The molecule has 2 rings (SSSR count). The molecule has 2 nitrogen and oxygen atoms in total.